The summed E-state index contributed by atoms with van der Waals surface area (Å²) in [6, 6.07) is 11.6. The standard InChI is InChI=1S/C20H15F4N3O3/c21-14-5-1-13(2-6-14)18(28)27-10-9-16(11-27)29-15-7-3-12(4-8-15)17-25-19(30-26-17)20(22,23)24/h1-8,16H,9-11H2/t16-/m0/s1. The fraction of sp³-hybridized carbons (Fsp3) is 0.250. The summed E-state index contributed by atoms with van der Waals surface area (Å²) in [7, 11) is 0. The van der Waals surface area contributed by atoms with Crippen molar-refractivity contribution < 1.29 is 31.6 Å². The van der Waals surface area contributed by atoms with Gasteiger partial charge in [-0.25, -0.2) is 4.39 Å². The first kappa shape index (κ1) is 19.9. The van der Waals surface area contributed by atoms with E-state index in [9.17, 15) is 22.4 Å². The summed E-state index contributed by atoms with van der Waals surface area (Å²) < 4.78 is 60.8. The molecule has 2 heterocycles. The van der Waals surface area contributed by atoms with Crippen molar-refractivity contribution in [2.75, 3.05) is 13.1 Å². The lowest BCUT2D eigenvalue weighted by Gasteiger charge is -2.17. The maximum Gasteiger partial charge on any atom is 0.471 e. The van der Waals surface area contributed by atoms with Crippen LogP contribution in [0.1, 0.15) is 22.7 Å². The van der Waals surface area contributed by atoms with Crippen molar-refractivity contribution in [3.05, 3.63) is 65.8 Å². The van der Waals surface area contributed by atoms with Gasteiger partial charge in [0.2, 0.25) is 5.82 Å². The van der Waals surface area contributed by atoms with Crippen LogP contribution in [0.5, 0.6) is 5.75 Å². The van der Waals surface area contributed by atoms with Gasteiger partial charge in [0.05, 0.1) is 6.54 Å². The van der Waals surface area contributed by atoms with Gasteiger partial charge in [-0.15, -0.1) is 0 Å². The van der Waals surface area contributed by atoms with E-state index in [1.165, 1.54) is 36.4 Å². The molecule has 1 atom stereocenters. The molecule has 1 fully saturated rings. The van der Waals surface area contributed by atoms with Gasteiger partial charge in [0.15, 0.2) is 0 Å². The summed E-state index contributed by atoms with van der Waals surface area (Å²) in [5.74, 6) is -1.69. The van der Waals surface area contributed by atoms with E-state index in [1.807, 2.05) is 0 Å². The summed E-state index contributed by atoms with van der Waals surface area (Å²) in [5, 5.41) is 3.33. The van der Waals surface area contributed by atoms with E-state index >= 15 is 0 Å². The van der Waals surface area contributed by atoms with Gasteiger partial charge in [-0.05, 0) is 48.5 Å². The highest BCUT2D eigenvalue weighted by molar-refractivity contribution is 5.94. The number of carbonyl (C=O) groups excluding carboxylic acids is 1. The lowest BCUT2D eigenvalue weighted by atomic mass is 10.2. The molecule has 0 spiro atoms. The molecule has 10 heteroatoms. The predicted molar refractivity (Wildman–Crippen MR) is 96.1 cm³/mol. The molecule has 0 radical (unpaired) electrons. The van der Waals surface area contributed by atoms with Crippen molar-refractivity contribution in [1.82, 2.24) is 15.0 Å². The minimum Gasteiger partial charge on any atom is -0.489 e. The molecule has 0 unspecified atom stereocenters. The molecule has 2 aromatic carbocycles. The third-order valence-electron chi connectivity index (χ3n) is 4.61. The van der Waals surface area contributed by atoms with Crippen molar-refractivity contribution in [1.29, 1.82) is 0 Å². The van der Waals surface area contributed by atoms with Crippen molar-refractivity contribution in [2.24, 2.45) is 0 Å². The Balaban J connectivity index is 1.37. The van der Waals surface area contributed by atoms with Crippen molar-refractivity contribution >= 4 is 5.91 Å². The Kier molecular flexibility index (Phi) is 5.15. The number of hydrogen-bond donors (Lipinski definition) is 0. The van der Waals surface area contributed by atoms with Crippen LogP contribution in [0.25, 0.3) is 11.4 Å². The van der Waals surface area contributed by atoms with E-state index in [-0.39, 0.29) is 17.8 Å². The molecule has 1 saturated heterocycles. The fourth-order valence-electron chi connectivity index (χ4n) is 3.11. The third kappa shape index (κ3) is 4.27. The van der Waals surface area contributed by atoms with Gasteiger partial charge in [-0.3, -0.25) is 4.79 Å². The van der Waals surface area contributed by atoms with Gasteiger partial charge in [-0.1, -0.05) is 5.16 Å². The number of likely N-dealkylation sites (tertiary alicyclic amines) is 1. The fourth-order valence-corrected chi connectivity index (χ4v) is 3.11. The quantitative estimate of drug-likeness (QED) is 0.591. The summed E-state index contributed by atoms with van der Waals surface area (Å²) in [6.07, 6.45) is -4.31. The second kappa shape index (κ2) is 7.77. The average Bonchev–Trinajstić information content (AvgIpc) is 3.38. The number of halogens is 4. The van der Waals surface area contributed by atoms with Crippen LogP contribution in [0.4, 0.5) is 17.6 Å². The van der Waals surface area contributed by atoms with Gasteiger partial charge in [0, 0.05) is 24.1 Å². The van der Waals surface area contributed by atoms with E-state index in [0.29, 0.717) is 36.4 Å². The van der Waals surface area contributed by atoms with E-state index in [4.69, 9.17) is 4.74 Å². The normalized spacial score (nSPS) is 16.7. The molecule has 0 aliphatic carbocycles. The van der Waals surface area contributed by atoms with Crippen molar-refractivity contribution in [3.63, 3.8) is 0 Å². The Hall–Kier alpha value is -3.43. The first-order chi connectivity index (χ1) is 14.3. The number of ether oxygens (including phenoxy) is 1. The van der Waals surface area contributed by atoms with Crippen LogP contribution in [0.15, 0.2) is 53.1 Å². The molecule has 1 aliphatic heterocycles. The number of amides is 1. The summed E-state index contributed by atoms with van der Waals surface area (Å²) in [6.45, 7) is 0.875. The maximum absolute atomic E-state index is 13.0. The summed E-state index contributed by atoms with van der Waals surface area (Å²) in [5.41, 5.74) is 0.751. The van der Waals surface area contributed by atoms with Gasteiger partial charge in [0.25, 0.3) is 5.91 Å². The number of benzene rings is 2. The third-order valence-corrected chi connectivity index (χ3v) is 4.61. The van der Waals surface area contributed by atoms with Crippen LogP contribution in [0.2, 0.25) is 0 Å². The topological polar surface area (TPSA) is 68.5 Å². The van der Waals surface area contributed by atoms with Crippen LogP contribution < -0.4 is 4.74 Å². The molecule has 4 rings (SSSR count). The number of carbonyl (C=O) groups is 1. The first-order valence-electron chi connectivity index (χ1n) is 9.02. The zero-order chi connectivity index (χ0) is 21.3. The highest BCUT2D eigenvalue weighted by Gasteiger charge is 2.38. The number of hydrogen-bond acceptors (Lipinski definition) is 5. The Morgan fingerprint density at radius 2 is 1.80 bits per heavy atom. The van der Waals surface area contributed by atoms with Crippen molar-refractivity contribution in [2.45, 2.75) is 18.7 Å². The van der Waals surface area contributed by atoms with Crippen LogP contribution in [0.3, 0.4) is 0 Å². The molecular formula is C20H15F4N3O3. The number of aromatic nitrogens is 2. The molecule has 6 nitrogen and oxygen atoms in total. The van der Waals surface area contributed by atoms with Gasteiger partial charge in [0.1, 0.15) is 17.7 Å². The number of alkyl halides is 3. The Bertz CT molecular complexity index is 1030. The molecular weight excluding hydrogens is 406 g/mol. The first-order valence-corrected chi connectivity index (χ1v) is 9.02. The molecule has 0 saturated carbocycles. The van der Waals surface area contributed by atoms with E-state index in [2.05, 4.69) is 14.7 Å². The minimum atomic E-state index is -4.70. The molecule has 156 valence electrons. The minimum absolute atomic E-state index is 0.175. The number of nitrogens with zero attached hydrogens (tertiary/aromatic N) is 3. The second-order valence-electron chi connectivity index (χ2n) is 6.73. The van der Waals surface area contributed by atoms with E-state index in [0.717, 1.165) is 0 Å². The SMILES string of the molecule is O=C(c1ccc(F)cc1)N1CC[C@H](Oc2ccc(-c3noc(C(F)(F)F)n3)cc2)C1. The van der Waals surface area contributed by atoms with Gasteiger partial charge >= 0.3 is 12.1 Å². The average molecular weight is 421 g/mol. The largest absolute Gasteiger partial charge is 0.489 e. The molecule has 0 N–H and O–H groups in total. The Morgan fingerprint density at radius 1 is 1.10 bits per heavy atom. The highest BCUT2D eigenvalue weighted by atomic mass is 19.4. The second-order valence-corrected chi connectivity index (χ2v) is 6.73. The monoisotopic (exact) mass is 421 g/mol. The van der Waals surface area contributed by atoms with Crippen LogP contribution in [-0.4, -0.2) is 40.1 Å². The Labute approximate surface area is 168 Å². The predicted octanol–water partition coefficient (Wildman–Crippen LogP) is 4.19. The summed E-state index contributed by atoms with van der Waals surface area (Å²) in [4.78, 5) is 17.4. The van der Waals surface area contributed by atoms with Gasteiger partial charge < -0.3 is 14.2 Å². The lowest BCUT2D eigenvalue weighted by molar-refractivity contribution is -0.159. The summed E-state index contributed by atoms with van der Waals surface area (Å²) >= 11 is 0. The lowest BCUT2D eigenvalue weighted by Crippen LogP contribution is -2.30. The van der Waals surface area contributed by atoms with Gasteiger partial charge in [-0.2, -0.15) is 18.2 Å². The molecule has 1 aliphatic rings. The van der Waals surface area contributed by atoms with Crippen LogP contribution >= 0.6 is 0 Å². The molecule has 0 bridgehead atoms. The van der Waals surface area contributed by atoms with E-state index < -0.39 is 17.9 Å². The maximum atomic E-state index is 13.0. The smallest absolute Gasteiger partial charge is 0.471 e. The van der Waals surface area contributed by atoms with Crippen LogP contribution in [0, 0.1) is 5.82 Å². The highest BCUT2D eigenvalue weighted by Crippen LogP contribution is 2.30. The molecule has 1 aromatic heterocycles. The van der Waals surface area contributed by atoms with Crippen molar-refractivity contribution in [3.8, 4) is 17.1 Å². The Morgan fingerprint density at radius 3 is 2.43 bits per heavy atom. The van der Waals surface area contributed by atoms with E-state index in [1.54, 1.807) is 17.0 Å². The molecule has 3 aromatic rings. The molecule has 30 heavy (non-hydrogen) atoms. The van der Waals surface area contributed by atoms with Crippen LogP contribution in [-0.2, 0) is 6.18 Å². The zero-order valence-electron chi connectivity index (χ0n) is 15.4. The zero-order valence-corrected chi connectivity index (χ0v) is 15.4. The number of rotatable bonds is 4. The molecule has 1 amide bonds.